The van der Waals surface area contributed by atoms with Gasteiger partial charge in [0.25, 0.3) is 0 Å². The molecule has 5 heterocycles. The van der Waals surface area contributed by atoms with Crippen molar-refractivity contribution in [1.29, 1.82) is 0 Å². The number of carbonyl (C=O) groups is 2. The van der Waals surface area contributed by atoms with Crippen LogP contribution in [-0.2, 0) is 27.3 Å². The quantitative estimate of drug-likeness (QED) is 0.776. The largest absolute Gasteiger partial charge is 0.360 e. The summed E-state index contributed by atoms with van der Waals surface area (Å²) in [6.45, 7) is 5.74. The molecule has 7 nitrogen and oxygen atoms in total. The lowest BCUT2D eigenvalue weighted by atomic mass is 9.76. The lowest BCUT2D eigenvalue weighted by molar-refractivity contribution is -0.141. The van der Waals surface area contributed by atoms with Gasteiger partial charge in [0.1, 0.15) is 5.60 Å². The number of aromatic amines is 1. The van der Waals surface area contributed by atoms with Gasteiger partial charge in [0.05, 0.1) is 30.7 Å². The second-order valence-corrected chi connectivity index (χ2v) is 8.98. The fourth-order valence-electron chi connectivity index (χ4n) is 5.51. The minimum atomic E-state index is -0.697. The number of fused-ring (bicyclic) bond motifs is 2. The lowest BCUT2D eigenvalue weighted by Crippen LogP contribution is -2.47. The molecule has 4 aliphatic heterocycles. The van der Waals surface area contributed by atoms with E-state index >= 15 is 0 Å². The number of amides is 2. The fourth-order valence-corrected chi connectivity index (χ4v) is 5.51. The SMILES string of the molecule is Cc1ccc(N2C[C@]34C=C[C@H](O3)[C@@H](C(=O)N3CCc5[nH]ncc5C3)[C@@H]4C2=O)cc1C. The van der Waals surface area contributed by atoms with Gasteiger partial charge in [-0.2, -0.15) is 5.10 Å². The third kappa shape index (κ3) is 2.32. The Morgan fingerprint density at radius 2 is 2.17 bits per heavy atom. The number of benzene rings is 1. The van der Waals surface area contributed by atoms with Gasteiger partial charge in [0.15, 0.2) is 0 Å². The van der Waals surface area contributed by atoms with Crippen molar-refractivity contribution in [3.8, 4) is 0 Å². The summed E-state index contributed by atoms with van der Waals surface area (Å²) in [4.78, 5) is 30.8. The highest BCUT2D eigenvalue weighted by atomic mass is 16.5. The lowest BCUT2D eigenvalue weighted by Gasteiger charge is -2.32. The van der Waals surface area contributed by atoms with Gasteiger partial charge in [-0.25, -0.2) is 0 Å². The third-order valence-corrected chi connectivity index (χ3v) is 7.30. The Hall–Kier alpha value is -2.93. The molecule has 0 unspecified atom stereocenters. The number of nitrogens with one attached hydrogen (secondary N) is 1. The summed E-state index contributed by atoms with van der Waals surface area (Å²) >= 11 is 0. The smallest absolute Gasteiger partial charge is 0.234 e. The number of H-pyrrole nitrogens is 1. The van der Waals surface area contributed by atoms with Crippen LogP contribution < -0.4 is 4.90 Å². The Morgan fingerprint density at radius 3 is 3.00 bits per heavy atom. The minimum Gasteiger partial charge on any atom is -0.360 e. The van der Waals surface area contributed by atoms with Crippen LogP contribution in [0.25, 0.3) is 0 Å². The molecule has 0 aliphatic carbocycles. The van der Waals surface area contributed by atoms with Crippen molar-refractivity contribution in [2.24, 2.45) is 11.8 Å². The Labute approximate surface area is 174 Å². The van der Waals surface area contributed by atoms with Gasteiger partial charge in [0, 0.05) is 36.5 Å². The average Bonchev–Trinajstić information content (AvgIpc) is 3.49. The first-order chi connectivity index (χ1) is 14.5. The molecule has 1 N–H and O–H groups in total. The van der Waals surface area contributed by atoms with Crippen LogP contribution in [0.4, 0.5) is 5.69 Å². The van der Waals surface area contributed by atoms with E-state index in [1.807, 2.05) is 42.2 Å². The minimum absolute atomic E-state index is 0.00976. The van der Waals surface area contributed by atoms with E-state index in [2.05, 4.69) is 17.1 Å². The summed E-state index contributed by atoms with van der Waals surface area (Å²) in [5.41, 5.74) is 4.66. The van der Waals surface area contributed by atoms with E-state index in [9.17, 15) is 9.59 Å². The first-order valence-electron chi connectivity index (χ1n) is 10.5. The molecule has 2 saturated heterocycles. The highest BCUT2D eigenvalue weighted by Crippen LogP contribution is 2.53. The monoisotopic (exact) mass is 404 g/mol. The standard InChI is InChI=1S/C23H24N4O3/c1-13-3-4-16(9-14(13)2)27-12-23-7-5-18(30-23)19(20(23)22(27)29)21(28)26-8-6-17-15(11-26)10-24-25-17/h3-5,7,9-10,18-20H,6,8,11-12H2,1-2H3,(H,24,25)/t18-,19+,20+,23-/m0/s1. The van der Waals surface area contributed by atoms with Gasteiger partial charge in [-0.15, -0.1) is 0 Å². The molecule has 4 aliphatic rings. The summed E-state index contributed by atoms with van der Waals surface area (Å²) in [6.07, 6.45) is 6.21. The molecule has 2 fully saturated rings. The summed E-state index contributed by atoms with van der Waals surface area (Å²) in [6, 6.07) is 6.07. The van der Waals surface area contributed by atoms with Gasteiger partial charge in [0.2, 0.25) is 11.8 Å². The van der Waals surface area contributed by atoms with Gasteiger partial charge in [-0.1, -0.05) is 18.2 Å². The first-order valence-corrected chi connectivity index (χ1v) is 10.5. The molecule has 2 aromatic rings. The number of aryl methyl sites for hydroxylation is 2. The van der Waals surface area contributed by atoms with Crippen LogP contribution in [0.3, 0.4) is 0 Å². The molecule has 6 rings (SSSR count). The maximum Gasteiger partial charge on any atom is 0.234 e. The molecule has 1 spiro atoms. The van der Waals surface area contributed by atoms with Gasteiger partial charge in [-0.05, 0) is 37.1 Å². The molecule has 154 valence electrons. The van der Waals surface area contributed by atoms with Crippen LogP contribution in [0.15, 0.2) is 36.5 Å². The zero-order chi connectivity index (χ0) is 20.6. The maximum absolute atomic E-state index is 13.6. The summed E-state index contributed by atoms with van der Waals surface area (Å²) < 4.78 is 6.30. The van der Waals surface area contributed by atoms with Gasteiger partial charge in [-0.3, -0.25) is 14.7 Å². The maximum atomic E-state index is 13.6. The molecule has 0 radical (unpaired) electrons. The summed E-state index contributed by atoms with van der Waals surface area (Å²) in [5, 5.41) is 7.10. The van der Waals surface area contributed by atoms with E-state index in [1.165, 1.54) is 5.56 Å². The molecule has 2 bridgehead atoms. The molecular weight excluding hydrogens is 380 g/mol. The van der Waals surface area contributed by atoms with Crippen molar-refractivity contribution >= 4 is 17.5 Å². The first kappa shape index (κ1) is 17.9. The van der Waals surface area contributed by atoms with Gasteiger partial charge >= 0.3 is 0 Å². The summed E-state index contributed by atoms with van der Waals surface area (Å²) in [5.74, 6) is -0.928. The molecule has 0 saturated carbocycles. The fraction of sp³-hybridized carbons (Fsp3) is 0.435. The van der Waals surface area contributed by atoms with Crippen LogP contribution in [0, 0.1) is 25.7 Å². The van der Waals surface area contributed by atoms with E-state index in [0.717, 1.165) is 28.9 Å². The molecule has 1 aromatic heterocycles. The van der Waals surface area contributed by atoms with Crippen molar-refractivity contribution in [2.45, 2.75) is 38.5 Å². The van der Waals surface area contributed by atoms with E-state index in [-0.39, 0.29) is 17.9 Å². The van der Waals surface area contributed by atoms with E-state index in [0.29, 0.717) is 19.6 Å². The number of hydrogen-bond donors (Lipinski definition) is 1. The van der Waals surface area contributed by atoms with Crippen LogP contribution in [0.2, 0.25) is 0 Å². The second kappa shape index (κ2) is 6.04. The average molecular weight is 404 g/mol. The Balaban J connectivity index is 1.31. The Kier molecular flexibility index (Phi) is 3.60. The third-order valence-electron chi connectivity index (χ3n) is 7.30. The zero-order valence-electron chi connectivity index (χ0n) is 17.1. The van der Waals surface area contributed by atoms with Crippen molar-refractivity contribution < 1.29 is 14.3 Å². The number of anilines is 1. The highest BCUT2D eigenvalue weighted by molar-refractivity contribution is 6.03. The molecule has 2 amide bonds. The predicted molar refractivity (Wildman–Crippen MR) is 110 cm³/mol. The Morgan fingerprint density at radius 1 is 1.30 bits per heavy atom. The number of aromatic nitrogens is 2. The number of carbonyl (C=O) groups excluding carboxylic acids is 2. The topological polar surface area (TPSA) is 78.5 Å². The number of nitrogens with zero attached hydrogens (tertiary/aromatic N) is 3. The van der Waals surface area contributed by atoms with Gasteiger partial charge < -0.3 is 14.5 Å². The van der Waals surface area contributed by atoms with Crippen LogP contribution in [-0.4, -0.2) is 51.7 Å². The molecule has 1 aromatic carbocycles. The molecular formula is C23H24N4O3. The van der Waals surface area contributed by atoms with E-state index in [4.69, 9.17) is 4.74 Å². The van der Waals surface area contributed by atoms with Crippen molar-refractivity contribution in [2.75, 3.05) is 18.0 Å². The van der Waals surface area contributed by atoms with Crippen LogP contribution in [0.1, 0.15) is 22.4 Å². The zero-order valence-corrected chi connectivity index (χ0v) is 17.1. The Bertz CT molecular complexity index is 1110. The van der Waals surface area contributed by atoms with E-state index < -0.39 is 17.4 Å². The number of ether oxygens (including phenoxy) is 1. The predicted octanol–water partition coefficient (Wildman–Crippen LogP) is 1.90. The summed E-state index contributed by atoms with van der Waals surface area (Å²) in [7, 11) is 0. The highest BCUT2D eigenvalue weighted by Gasteiger charge is 2.67. The van der Waals surface area contributed by atoms with Crippen molar-refractivity contribution in [3.05, 3.63) is 58.9 Å². The normalized spacial score (nSPS) is 31.4. The van der Waals surface area contributed by atoms with Crippen molar-refractivity contribution in [1.82, 2.24) is 15.1 Å². The molecule has 4 atom stereocenters. The van der Waals surface area contributed by atoms with Crippen LogP contribution >= 0.6 is 0 Å². The van der Waals surface area contributed by atoms with Crippen molar-refractivity contribution in [3.63, 3.8) is 0 Å². The molecule has 30 heavy (non-hydrogen) atoms. The molecule has 7 heteroatoms. The number of hydrogen-bond acceptors (Lipinski definition) is 4. The second-order valence-electron chi connectivity index (χ2n) is 8.98. The van der Waals surface area contributed by atoms with E-state index in [1.54, 1.807) is 11.1 Å². The number of rotatable bonds is 2. The van der Waals surface area contributed by atoms with Crippen LogP contribution in [0.5, 0.6) is 0 Å².